The van der Waals surface area contributed by atoms with Crippen LogP contribution in [-0.2, 0) is 23.9 Å². The highest BCUT2D eigenvalue weighted by Gasteiger charge is 2.30. The summed E-state index contributed by atoms with van der Waals surface area (Å²) in [5.74, 6) is -0.357. The number of halogens is 3. The van der Waals surface area contributed by atoms with Crippen molar-refractivity contribution in [2.75, 3.05) is 5.32 Å². The number of nitrogens with one attached hydrogen (secondary N) is 2. The Morgan fingerprint density at radius 3 is 2.76 bits per heavy atom. The molecule has 0 aliphatic carbocycles. The van der Waals surface area contributed by atoms with Gasteiger partial charge in [-0.3, -0.25) is 14.2 Å². The number of aromatic amines is 1. The number of H-pyrrole nitrogens is 1. The van der Waals surface area contributed by atoms with Crippen LogP contribution in [0.1, 0.15) is 22.4 Å². The molecule has 1 amide bonds. The maximum absolute atomic E-state index is 12.9. The van der Waals surface area contributed by atoms with Crippen molar-refractivity contribution in [2.24, 2.45) is 0 Å². The lowest BCUT2D eigenvalue weighted by molar-refractivity contribution is -0.137. The number of benzene rings is 2. The van der Waals surface area contributed by atoms with Gasteiger partial charge in [0.15, 0.2) is 9.90 Å². The number of carbonyl (C=O) groups excluding carboxylic acids is 1. The Balaban J connectivity index is 1.39. The second-order valence-corrected chi connectivity index (χ2v) is 8.74. The molecule has 0 aliphatic heterocycles. The Morgan fingerprint density at radius 2 is 1.97 bits per heavy atom. The zero-order valence-corrected chi connectivity index (χ0v) is 18.6. The molecule has 0 spiro atoms. The first kappa shape index (κ1) is 22.9. The maximum atomic E-state index is 12.9. The first-order chi connectivity index (χ1) is 15.7. The molecule has 2 N–H and O–H groups in total. The van der Waals surface area contributed by atoms with Gasteiger partial charge in [0.1, 0.15) is 0 Å². The third kappa shape index (κ3) is 5.37. The number of carbonyl (C=O) groups is 1. The number of fused-ring (bicyclic) bond motifs is 1. The molecule has 0 radical (unpaired) electrons. The van der Waals surface area contributed by atoms with Crippen molar-refractivity contribution in [3.63, 3.8) is 0 Å². The van der Waals surface area contributed by atoms with Crippen LogP contribution in [0.15, 0.2) is 59.5 Å². The number of nitrogens with zero attached hydrogens (tertiary/aromatic N) is 2. The van der Waals surface area contributed by atoms with Crippen LogP contribution in [-0.4, -0.2) is 20.4 Å². The van der Waals surface area contributed by atoms with Gasteiger partial charge in [-0.1, -0.05) is 30.3 Å². The zero-order chi connectivity index (χ0) is 23.6. The fourth-order valence-corrected chi connectivity index (χ4v) is 4.45. The second-order valence-electron chi connectivity index (χ2n) is 7.24. The second kappa shape index (κ2) is 9.28. The summed E-state index contributed by atoms with van der Waals surface area (Å²) in [5.41, 5.74) is 0.139. The van der Waals surface area contributed by atoms with Gasteiger partial charge in [0, 0.05) is 30.5 Å². The number of hydrogen-bond donors (Lipinski definition) is 2. The van der Waals surface area contributed by atoms with E-state index in [9.17, 15) is 22.8 Å². The van der Waals surface area contributed by atoms with Crippen LogP contribution < -0.4 is 10.9 Å². The van der Waals surface area contributed by atoms with E-state index in [0.29, 0.717) is 26.5 Å². The number of alkyl halides is 3. The molecule has 0 fully saturated rings. The topological polar surface area (TPSA) is 79.8 Å². The molecule has 4 rings (SSSR count). The molecule has 0 aliphatic rings. The highest BCUT2D eigenvalue weighted by Crippen LogP contribution is 2.30. The van der Waals surface area contributed by atoms with Crippen LogP contribution in [0, 0.1) is 4.77 Å². The first-order valence-corrected chi connectivity index (χ1v) is 11.1. The van der Waals surface area contributed by atoms with E-state index in [1.165, 1.54) is 28.2 Å². The van der Waals surface area contributed by atoms with Crippen molar-refractivity contribution in [3.05, 3.63) is 85.9 Å². The largest absolute Gasteiger partial charge is 0.416 e. The van der Waals surface area contributed by atoms with E-state index in [2.05, 4.69) is 15.3 Å². The predicted octanol–water partition coefficient (Wildman–Crippen LogP) is 5.15. The predicted molar refractivity (Wildman–Crippen MR) is 123 cm³/mol. The van der Waals surface area contributed by atoms with E-state index in [1.807, 2.05) is 0 Å². The minimum Gasteiger partial charge on any atom is -0.332 e. The lowest BCUT2D eigenvalue weighted by Gasteiger charge is -2.08. The fraction of sp³-hybridized carbons (Fsp3) is 0.182. The summed E-state index contributed by atoms with van der Waals surface area (Å²) in [7, 11) is 0. The maximum Gasteiger partial charge on any atom is 0.416 e. The zero-order valence-electron chi connectivity index (χ0n) is 17.0. The molecular formula is C22H17F3N4O2S2. The van der Waals surface area contributed by atoms with Gasteiger partial charge in [-0.15, -0.1) is 11.3 Å². The highest BCUT2D eigenvalue weighted by atomic mass is 32.1. The van der Waals surface area contributed by atoms with Crippen LogP contribution in [0.3, 0.4) is 0 Å². The van der Waals surface area contributed by atoms with Gasteiger partial charge < -0.3 is 10.3 Å². The van der Waals surface area contributed by atoms with Crippen molar-refractivity contribution in [1.82, 2.24) is 14.5 Å². The molecule has 0 saturated heterocycles. The highest BCUT2D eigenvalue weighted by molar-refractivity contribution is 7.71. The summed E-state index contributed by atoms with van der Waals surface area (Å²) in [6.45, 7) is 0.0906. The Labute approximate surface area is 194 Å². The van der Waals surface area contributed by atoms with Crippen LogP contribution >= 0.6 is 23.6 Å². The minimum atomic E-state index is -4.40. The molecule has 2 aromatic heterocycles. The third-order valence-corrected chi connectivity index (χ3v) is 6.12. The van der Waals surface area contributed by atoms with Gasteiger partial charge in [-0.25, -0.2) is 4.98 Å². The Hall–Kier alpha value is -3.31. The van der Waals surface area contributed by atoms with Crippen LogP contribution in [0.25, 0.3) is 10.9 Å². The summed E-state index contributed by atoms with van der Waals surface area (Å²) < 4.78 is 40.2. The van der Waals surface area contributed by atoms with Crippen LogP contribution in [0.4, 0.5) is 18.3 Å². The Kier molecular flexibility index (Phi) is 6.43. The molecule has 33 heavy (non-hydrogen) atoms. The summed E-state index contributed by atoms with van der Waals surface area (Å²) in [6, 6.07) is 12.1. The smallest absolute Gasteiger partial charge is 0.332 e. The number of para-hydroxylation sites is 1. The normalized spacial score (nSPS) is 11.6. The molecule has 2 aromatic carbocycles. The van der Waals surface area contributed by atoms with E-state index < -0.39 is 11.7 Å². The molecule has 0 unspecified atom stereocenters. The standard InChI is InChI=1S/C22H17F3N4O2S2/c23-22(24,25)14-5-3-4-13(10-14)11-15-12-26-20(33-15)28-18(30)8-9-29-19(31)16-6-1-2-7-17(16)27-21(29)32/h1-7,10,12H,8-9,11H2,(H,27,32)(H,26,28,30). The lowest BCUT2D eigenvalue weighted by Crippen LogP contribution is -2.25. The molecule has 0 bridgehead atoms. The minimum absolute atomic E-state index is 0.00172. The van der Waals surface area contributed by atoms with E-state index in [-0.39, 0.29) is 35.6 Å². The molecule has 170 valence electrons. The number of rotatable bonds is 6. The summed E-state index contributed by atoms with van der Waals surface area (Å²) >= 11 is 6.42. The number of amides is 1. The van der Waals surface area contributed by atoms with Crippen molar-refractivity contribution in [2.45, 2.75) is 25.6 Å². The molecule has 6 nitrogen and oxygen atoms in total. The molecule has 2 heterocycles. The summed E-state index contributed by atoms with van der Waals surface area (Å²) in [4.78, 5) is 32.8. The number of thiazole rings is 1. The van der Waals surface area contributed by atoms with E-state index >= 15 is 0 Å². The molecule has 0 saturated carbocycles. The summed E-state index contributed by atoms with van der Waals surface area (Å²) in [6.07, 6.45) is -2.62. The van der Waals surface area contributed by atoms with Gasteiger partial charge in [-0.2, -0.15) is 13.2 Å². The van der Waals surface area contributed by atoms with Gasteiger partial charge in [0.25, 0.3) is 5.56 Å². The lowest BCUT2D eigenvalue weighted by atomic mass is 10.1. The third-order valence-electron chi connectivity index (χ3n) is 4.88. The van der Waals surface area contributed by atoms with Crippen molar-refractivity contribution in [1.29, 1.82) is 0 Å². The average Bonchev–Trinajstić information content (AvgIpc) is 3.19. The van der Waals surface area contributed by atoms with Crippen molar-refractivity contribution in [3.8, 4) is 0 Å². The summed E-state index contributed by atoms with van der Waals surface area (Å²) in [5, 5.41) is 3.47. The van der Waals surface area contributed by atoms with Crippen molar-refractivity contribution >= 4 is 45.5 Å². The number of anilines is 1. The molecular weight excluding hydrogens is 473 g/mol. The van der Waals surface area contributed by atoms with Gasteiger partial charge >= 0.3 is 6.18 Å². The molecule has 4 aromatic rings. The quantitative estimate of drug-likeness (QED) is 0.366. The Bertz CT molecular complexity index is 1440. The first-order valence-electron chi connectivity index (χ1n) is 9.83. The Morgan fingerprint density at radius 1 is 1.18 bits per heavy atom. The SMILES string of the molecule is O=C(CCn1c(=S)[nH]c2ccccc2c1=O)Nc1ncc(Cc2cccc(C(F)(F)F)c2)s1. The van der Waals surface area contributed by atoms with Crippen LogP contribution in [0.5, 0.6) is 0 Å². The van der Waals surface area contributed by atoms with E-state index in [4.69, 9.17) is 12.2 Å². The fourth-order valence-electron chi connectivity index (χ4n) is 3.30. The number of hydrogen-bond acceptors (Lipinski definition) is 5. The average molecular weight is 491 g/mol. The van der Waals surface area contributed by atoms with E-state index in [1.54, 1.807) is 30.3 Å². The monoisotopic (exact) mass is 490 g/mol. The van der Waals surface area contributed by atoms with Crippen LogP contribution in [0.2, 0.25) is 0 Å². The molecule has 0 atom stereocenters. The van der Waals surface area contributed by atoms with Crippen molar-refractivity contribution < 1.29 is 18.0 Å². The van der Waals surface area contributed by atoms with Gasteiger partial charge in [0.2, 0.25) is 5.91 Å². The van der Waals surface area contributed by atoms with E-state index in [0.717, 1.165) is 12.1 Å². The van der Waals surface area contributed by atoms with Gasteiger partial charge in [0.05, 0.1) is 16.5 Å². The molecule has 11 heteroatoms. The van der Waals surface area contributed by atoms with Gasteiger partial charge in [-0.05, 0) is 36.0 Å². The number of aromatic nitrogens is 3.